The molecular formula is C6H8F3P. The average Bonchev–Trinajstić information content (AvgIpc) is 1.79. The van der Waals surface area contributed by atoms with Crippen LogP contribution in [0, 0.1) is 0 Å². The van der Waals surface area contributed by atoms with Crippen LogP contribution in [0.3, 0.4) is 0 Å². The SMILES string of the molecule is FC1(F)C=CC(F)(P)CC1. The Hall–Kier alpha value is -0.0400. The van der Waals surface area contributed by atoms with Crippen LogP contribution in [0.1, 0.15) is 12.8 Å². The molecule has 0 nitrogen and oxygen atoms in total. The van der Waals surface area contributed by atoms with Crippen molar-refractivity contribution in [1.82, 2.24) is 0 Å². The molecule has 1 aliphatic rings. The molecule has 0 aromatic rings. The van der Waals surface area contributed by atoms with Gasteiger partial charge in [0, 0.05) is 6.42 Å². The minimum atomic E-state index is -2.80. The molecule has 0 saturated carbocycles. The molecule has 0 spiro atoms. The molecule has 0 saturated heterocycles. The Labute approximate surface area is 59.7 Å². The number of rotatable bonds is 0. The lowest BCUT2D eigenvalue weighted by Gasteiger charge is -2.24. The smallest absolute Gasteiger partial charge is 0.235 e. The standard InChI is InChI=1S/C6H8F3P/c7-5(8)1-3-6(9,10)4-2-5/h1,3H,2,4,10H2. The Morgan fingerprint density at radius 2 is 1.70 bits per heavy atom. The van der Waals surface area contributed by atoms with Crippen LogP contribution >= 0.6 is 9.24 Å². The maximum Gasteiger partial charge on any atom is 0.266 e. The van der Waals surface area contributed by atoms with Crippen LogP contribution in [0.2, 0.25) is 0 Å². The van der Waals surface area contributed by atoms with Gasteiger partial charge in [-0.15, -0.1) is 0 Å². The van der Waals surface area contributed by atoms with Crippen molar-refractivity contribution in [3.8, 4) is 0 Å². The number of hydrogen-bond acceptors (Lipinski definition) is 0. The number of allylic oxidation sites excluding steroid dienone is 2. The summed E-state index contributed by atoms with van der Waals surface area (Å²) in [6.45, 7) is 0. The van der Waals surface area contributed by atoms with Crippen molar-refractivity contribution < 1.29 is 13.2 Å². The van der Waals surface area contributed by atoms with Gasteiger partial charge >= 0.3 is 0 Å². The van der Waals surface area contributed by atoms with Gasteiger partial charge in [-0.3, -0.25) is 0 Å². The zero-order valence-corrected chi connectivity index (χ0v) is 6.43. The second-order valence-corrected chi connectivity index (χ2v) is 3.48. The van der Waals surface area contributed by atoms with E-state index in [1.165, 1.54) is 0 Å². The Kier molecular flexibility index (Phi) is 1.80. The second kappa shape index (κ2) is 2.23. The maximum atomic E-state index is 12.8. The van der Waals surface area contributed by atoms with E-state index in [-0.39, 0.29) is 6.42 Å². The van der Waals surface area contributed by atoms with Crippen molar-refractivity contribution in [2.45, 2.75) is 24.2 Å². The molecule has 0 N–H and O–H groups in total. The first-order valence-corrected chi connectivity index (χ1v) is 3.55. The zero-order valence-electron chi connectivity index (χ0n) is 5.28. The van der Waals surface area contributed by atoms with E-state index in [2.05, 4.69) is 0 Å². The maximum absolute atomic E-state index is 12.8. The van der Waals surface area contributed by atoms with Crippen LogP contribution in [0.25, 0.3) is 0 Å². The van der Waals surface area contributed by atoms with Gasteiger partial charge in [-0.2, -0.15) is 0 Å². The van der Waals surface area contributed by atoms with Crippen LogP contribution in [-0.4, -0.2) is 11.3 Å². The topological polar surface area (TPSA) is 0 Å². The summed E-state index contributed by atoms with van der Waals surface area (Å²) in [4.78, 5) is 0. The average molecular weight is 168 g/mol. The molecular weight excluding hydrogens is 160 g/mol. The molecule has 0 aromatic heterocycles. The van der Waals surface area contributed by atoms with E-state index in [0.29, 0.717) is 6.08 Å². The number of hydrogen-bond donors (Lipinski definition) is 0. The summed E-state index contributed by atoms with van der Waals surface area (Å²) < 4.78 is 37.3. The zero-order chi connectivity index (χ0) is 7.83. The van der Waals surface area contributed by atoms with Crippen LogP contribution in [0.15, 0.2) is 12.2 Å². The summed E-state index contributed by atoms with van der Waals surface area (Å²) in [5, 5.41) is -1.61. The molecule has 58 valence electrons. The fraction of sp³-hybridized carbons (Fsp3) is 0.667. The summed E-state index contributed by atoms with van der Waals surface area (Å²) in [5.74, 6) is -2.80. The van der Waals surface area contributed by atoms with Crippen molar-refractivity contribution in [3.63, 3.8) is 0 Å². The fourth-order valence-electron chi connectivity index (χ4n) is 0.785. The third kappa shape index (κ3) is 1.98. The Morgan fingerprint density at radius 3 is 2.00 bits per heavy atom. The summed E-state index contributed by atoms with van der Waals surface area (Å²) in [6.07, 6.45) is 1.01. The van der Waals surface area contributed by atoms with Crippen molar-refractivity contribution in [1.29, 1.82) is 0 Å². The summed E-state index contributed by atoms with van der Waals surface area (Å²) in [6, 6.07) is 0. The fourth-order valence-corrected chi connectivity index (χ4v) is 1.03. The van der Waals surface area contributed by atoms with E-state index < -0.39 is 17.8 Å². The van der Waals surface area contributed by atoms with E-state index in [9.17, 15) is 13.2 Å². The van der Waals surface area contributed by atoms with Gasteiger partial charge in [0.25, 0.3) is 5.92 Å². The van der Waals surface area contributed by atoms with Gasteiger partial charge in [0.1, 0.15) is 5.41 Å². The minimum absolute atomic E-state index is 0.124. The molecule has 1 aliphatic carbocycles. The molecule has 0 fully saturated rings. The van der Waals surface area contributed by atoms with Gasteiger partial charge in [-0.05, 0) is 18.6 Å². The largest absolute Gasteiger partial charge is 0.266 e. The van der Waals surface area contributed by atoms with E-state index in [4.69, 9.17) is 0 Å². The lowest BCUT2D eigenvalue weighted by Crippen LogP contribution is -2.24. The molecule has 1 rings (SSSR count). The third-order valence-electron chi connectivity index (χ3n) is 1.45. The number of halogens is 3. The highest BCUT2D eigenvalue weighted by Gasteiger charge is 2.35. The molecule has 10 heavy (non-hydrogen) atoms. The molecule has 0 heterocycles. The van der Waals surface area contributed by atoms with E-state index in [0.717, 1.165) is 6.08 Å². The van der Waals surface area contributed by atoms with Crippen molar-refractivity contribution in [2.75, 3.05) is 0 Å². The third-order valence-corrected chi connectivity index (χ3v) is 1.93. The van der Waals surface area contributed by atoms with Crippen LogP contribution in [0.4, 0.5) is 13.2 Å². The van der Waals surface area contributed by atoms with Crippen LogP contribution in [0.5, 0.6) is 0 Å². The first-order valence-electron chi connectivity index (χ1n) is 2.97. The molecule has 0 aliphatic heterocycles. The summed E-state index contributed by atoms with van der Waals surface area (Å²) in [7, 11) is 1.91. The van der Waals surface area contributed by atoms with Gasteiger partial charge in [-0.1, -0.05) is 9.24 Å². The first kappa shape index (κ1) is 8.06. The summed E-state index contributed by atoms with van der Waals surface area (Å²) >= 11 is 0. The molecule has 0 bridgehead atoms. The molecule has 0 radical (unpaired) electrons. The van der Waals surface area contributed by atoms with Crippen LogP contribution in [-0.2, 0) is 0 Å². The minimum Gasteiger partial charge on any atom is -0.235 e. The molecule has 2 atom stereocenters. The Bertz CT molecular complexity index is 144. The normalized spacial score (nSPS) is 38.0. The van der Waals surface area contributed by atoms with E-state index in [1.54, 1.807) is 0 Å². The predicted molar refractivity (Wildman–Crippen MR) is 36.9 cm³/mol. The lowest BCUT2D eigenvalue weighted by molar-refractivity contribution is 0.0269. The monoisotopic (exact) mass is 168 g/mol. The van der Waals surface area contributed by atoms with Gasteiger partial charge in [-0.25, -0.2) is 13.2 Å². The van der Waals surface area contributed by atoms with Gasteiger partial charge in [0.2, 0.25) is 0 Å². The first-order chi connectivity index (χ1) is 4.41. The summed E-state index contributed by atoms with van der Waals surface area (Å²) in [5.41, 5.74) is 0. The molecule has 2 unspecified atom stereocenters. The Morgan fingerprint density at radius 1 is 1.10 bits per heavy atom. The lowest BCUT2D eigenvalue weighted by atomic mass is 10.0. The number of alkyl halides is 3. The molecule has 0 amide bonds. The van der Waals surface area contributed by atoms with Crippen molar-refractivity contribution >= 4 is 9.24 Å². The van der Waals surface area contributed by atoms with E-state index >= 15 is 0 Å². The van der Waals surface area contributed by atoms with Crippen LogP contribution < -0.4 is 0 Å². The Balaban J connectivity index is 2.70. The highest BCUT2D eigenvalue weighted by Crippen LogP contribution is 2.38. The van der Waals surface area contributed by atoms with Crippen molar-refractivity contribution in [2.24, 2.45) is 0 Å². The van der Waals surface area contributed by atoms with Gasteiger partial charge in [0.05, 0.1) is 0 Å². The van der Waals surface area contributed by atoms with E-state index in [1.807, 2.05) is 9.24 Å². The van der Waals surface area contributed by atoms with Gasteiger partial charge in [0.15, 0.2) is 0 Å². The second-order valence-electron chi connectivity index (χ2n) is 2.52. The quantitative estimate of drug-likeness (QED) is 0.385. The highest BCUT2D eigenvalue weighted by atomic mass is 31.0. The highest BCUT2D eigenvalue weighted by molar-refractivity contribution is 7.19. The van der Waals surface area contributed by atoms with Gasteiger partial charge < -0.3 is 0 Å². The van der Waals surface area contributed by atoms with Crippen molar-refractivity contribution in [3.05, 3.63) is 12.2 Å². The molecule has 0 aromatic carbocycles. The predicted octanol–water partition coefficient (Wildman–Crippen LogP) is 2.51. The molecule has 4 heteroatoms.